The zero-order valence-corrected chi connectivity index (χ0v) is 13.7. The van der Waals surface area contributed by atoms with Gasteiger partial charge in [0.1, 0.15) is 11.6 Å². The standard InChI is InChI=1S/C18H19FN2O4/c1-12(10-22)20-18(24)13-6-2-5-9-16(13)25-11-17(23)21-15-8-4-3-7-14(15)19/h2-9,12,22H,10-11H2,1H3,(H,20,24)(H,21,23). The van der Waals surface area contributed by atoms with Gasteiger partial charge in [-0.05, 0) is 31.2 Å². The summed E-state index contributed by atoms with van der Waals surface area (Å²) in [6.07, 6.45) is 0. The number of hydrogen-bond acceptors (Lipinski definition) is 4. The van der Waals surface area contributed by atoms with Gasteiger partial charge in [0.25, 0.3) is 11.8 Å². The van der Waals surface area contributed by atoms with Crippen molar-refractivity contribution in [2.24, 2.45) is 0 Å². The van der Waals surface area contributed by atoms with Crippen molar-refractivity contribution in [1.29, 1.82) is 0 Å². The molecule has 3 N–H and O–H groups in total. The third kappa shape index (κ3) is 5.29. The highest BCUT2D eigenvalue weighted by atomic mass is 19.1. The molecule has 0 aromatic heterocycles. The van der Waals surface area contributed by atoms with Gasteiger partial charge in [0.15, 0.2) is 6.61 Å². The summed E-state index contributed by atoms with van der Waals surface area (Å²) in [6, 6.07) is 11.8. The molecule has 0 bridgehead atoms. The number of aliphatic hydroxyl groups is 1. The molecule has 2 aromatic rings. The number of rotatable bonds is 7. The van der Waals surface area contributed by atoms with Crippen LogP contribution in [0.15, 0.2) is 48.5 Å². The van der Waals surface area contributed by atoms with Crippen LogP contribution in [-0.2, 0) is 4.79 Å². The molecule has 132 valence electrons. The van der Waals surface area contributed by atoms with Gasteiger partial charge in [0.2, 0.25) is 0 Å². The number of halogens is 1. The summed E-state index contributed by atoms with van der Waals surface area (Å²) in [5, 5.41) is 14.0. The molecule has 0 radical (unpaired) electrons. The van der Waals surface area contributed by atoms with E-state index in [-0.39, 0.29) is 30.2 Å². The molecule has 2 amide bonds. The fourth-order valence-corrected chi connectivity index (χ4v) is 2.02. The van der Waals surface area contributed by atoms with Crippen molar-refractivity contribution in [2.45, 2.75) is 13.0 Å². The largest absolute Gasteiger partial charge is 0.483 e. The maximum atomic E-state index is 13.5. The summed E-state index contributed by atoms with van der Waals surface area (Å²) in [5.41, 5.74) is 0.292. The van der Waals surface area contributed by atoms with Crippen LogP contribution < -0.4 is 15.4 Å². The van der Waals surface area contributed by atoms with E-state index in [0.29, 0.717) is 0 Å². The maximum Gasteiger partial charge on any atom is 0.262 e. The summed E-state index contributed by atoms with van der Waals surface area (Å²) in [6.45, 7) is 1.08. The van der Waals surface area contributed by atoms with Crippen LogP contribution in [0.2, 0.25) is 0 Å². The Bertz CT molecular complexity index is 751. The van der Waals surface area contributed by atoms with Crippen molar-refractivity contribution in [1.82, 2.24) is 5.32 Å². The van der Waals surface area contributed by atoms with Gasteiger partial charge in [-0.25, -0.2) is 4.39 Å². The Balaban J connectivity index is 2.00. The molecule has 0 saturated carbocycles. The van der Waals surface area contributed by atoms with Crippen LogP contribution >= 0.6 is 0 Å². The van der Waals surface area contributed by atoms with Gasteiger partial charge in [0.05, 0.1) is 17.9 Å². The van der Waals surface area contributed by atoms with Gasteiger partial charge < -0.3 is 20.5 Å². The van der Waals surface area contributed by atoms with E-state index in [1.165, 1.54) is 18.2 Å². The van der Waals surface area contributed by atoms with Crippen molar-refractivity contribution < 1.29 is 23.8 Å². The lowest BCUT2D eigenvalue weighted by molar-refractivity contribution is -0.118. The Morgan fingerprint density at radius 3 is 2.56 bits per heavy atom. The zero-order valence-electron chi connectivity index (χ0n) is 13.7. The number of aliphatic hydroxyl groups excluding tert-OH is 1. The number of ether oxygens (including phenoxy) is 1. The van der Waals surface area contributed by atoms with E-state index in [1.54, 1.807) is 37.3 Å². The molecule has 0 aliphatic heterocycles. The smallest absolute Gasteiger partial charge is 0.262 e. The van der Waals surface area contributed by atoms with Gasteiger partial charge >= 0.3 is 0 Å². The van der Waals surface area contributed by atoms with Crippen molar-refractivity contribution in [2.75, 3.05) is 18.5 Å². The highest BCUT2D eigenvalue weighted by Gasteiger charge is 2.15. The fraction of sp³-hybridized carbons (Fsp3) is 0.222. The van der Waals surface area contributed by atoms with Crippen molar-refractivity contribution in [3.8, 4) is 5.75 Å². The van der Waals surface area contributed by atoms with Crippen LogP contribution in [0.5, 0.6) is 5.75 Å². The van der Waals surface area contributed by atoms with E-state index in [1.807, 2.05) is 0 Å². The molecule has 6 nitrogen and oxygen atoms in total. The Hall–Kier alpha value is -2.93. The lowest BCUT2D eigenvalue weighted by Gasteiger charge is -2.14. The number of nitrogens with one attached hydrogen (secondary N) is 2. The van der Waals surface area contributed by atoms with Crippen LogP contribution in [0.3, 0.4) is 0 Å². The molecular formula is C18H19FN2O4. The topological polar surface area (TPSA) is 87.7 Å². The molecule has 2 rings (SSSR count). The van der Waals surface area contributed by atoms with Crippen LogP contribution in [-0.4, -0.2) is 36.2 Å². The Morgan fingerprint density at radius 2 is 1.84 bits per heavy atom. The normalized spacial score (nSPS) is 11.5. The summed E-state index contributed by atoms with van der Waals surface area (Å²) in [4.78, 5) is 24.1. The molecule has 0 fully saturated rings. The molecule has 1 unspecified atom stereocenters. The molecule has 25 heavy (non-hydrogen) atoms. The number of anilines is 1. The lowest BCUT2D eigenvalue weighted by atomic mass is 10.1. The SMILES string of the molecule is CC(CO)NC(=O)c1ccccc1OCC(=O)Nc1ccccc1F. The minimum Gasteiger partial charge on any atom is -0.483 e. The number of benzene rings is 2. The quantitative estimate of drug-likeness (QED) is 0.715. The van der Waals surface area contributed by atoms with Crippen LogP contribution in [0.25, 0.3) is 0 Å². The van der Waals surface area contributed by atoms with Gasteiger partial charge in [-0.2, -0.15) is 0 Å². The molecule has 0 aliphatic carbocycles. The second-order valence-corrected chi connectivity index (χ2v) is 5.37. The summed E-state index contributed by atoms with van der Waals surface area (Å²) in [7, 11) is 0. The van der Waals surface area contributed by atoms with Crippen LogP contribution in [0, 0.1) is 5.82 Å². The minimum absolute atomic E-state index is 0.0545. The number of para-hydroxylation sites is 2. The predicted molar refractivity (Wildman–Crippen MR) is 91.0 cm³/mol. The van der Waals surface area contributed by atoms with Crippen LogP contribution in [0.1, 0.15) is 17.3 Å². The third-order valence-electron chi connectivity index (χ3n) is 3.29. The minimum atomic E-state index is -0.552. The van der Waals surface area contributed by atoms with Crippen LogP contribution in [0.4, 0.5) is 10.1 Å². The van der Waals surface area contributed by atoms with E-state index in [9.17, 15) is 14.0 Å². The van der Waals surface area contributed by atoms with E-state index >= 15 is 0 Å². The first-order valence-electron chi connectivity index (χ1n) is 7.69. The maximum absolute atomic E-state index is 13.5. The van der Waals surface area contributed by atoms with Gasteiger partial charge in [0, 0.05) is 6.04 Å². The number of carbonyl (C=O) groups excluding carboxylic acids is 2. The van der Waals surface area contributed by atoms with Crippen molar-refractivity contribution >= 4 is 17.5 Å². The van der Waals surface area contributed by atoms with E-state index < -0.39 is 23.7 Å². The first kappa shape index (κ1) is 18.4. The Kier molecular flexibility index (Phi) is 6.47. The Labute approximate surface area is 144 Å². The van der Waals surface area contributed by atoms with Crippen molar-refractivity contribution in [3.05, 3.63) is 59.9 Å². The van der Waals surface area contributed by atoms with Gasteiger partial charge in [-0.3, -0.25) is 9.59 Å². The predicted octanol–water partition coefficient (Wildman–Crippen LogP) is 1.95. The molecule has 7 heteroatoms. The molecule has 1 atom stereocenters. The lowest BCUT2D eigenvalue weighted by Crippen LogP contribution is -2.35. The second-order valence-electron chi connectivity index (χ2n) is 5.37. The zero-order chi connectivity index (χ0) is 18.2. The fourth-order valence-electron chi connectivity index (χ4n) is 2.02. The first-order chi connectivity index (χ1) is 12.0. The number of amides is 2. The molecule has 2 aromatic carbocycles. The summed E-state index contributed by atoms with van der Waals surface area (Å²) < 4.78 is 18.9. The highest BCUT2D eigenvalue weighted by Crippen LogP contribution is 2.18. The number of carbonyl (C=O) groups is 2. The van der Waals surface area contributed by atoms with E-state index in [4.69, 9.17) is 9.84 Å². The highest BCUT2D eigenvalue weighted by molar-refractivity contribution is 5.97. The summed E-state index contributed by atoms with van der Waals surface area (Å²) >= 11 is 0. The Morgan fingerprint density at radius 1 is 1.16 bits per heavy atom. The average molecular weight is 346 g/mol. The van der Waals surface area contributed by atoms with E-state index in [0.717, 1.165) is 0 Å². The monoisotopic (exact) mass is 346 g/mol. The average Bonchev–Trinajstić information content (AvgIpc) is 2.62. The molecule has 0 saturated heterocycles. The first-order valence-corrected chi connectivity index (χ1v) is 7.69. The number of hydrogen-bond donors (Lipinski definition) is 3. The van der Waals surface area contributed by atoms with E-state index in [2.05, 4.69) is 10.6 Å². The molecule has 0 spiro atoms. The molecule has 0 heterocycles. The molecule has 0 aliphatic rings. The van der Waals surface area contributed by atoms with Gasteiger partial charge in [-0.1, -0.05) is 24.3 Å². The third-order valence-corrected chi connectivity index (χ3v) is 3.29. The second kappa shape index (κ2) is 8.79. The van der Waals surface area contributed by atoms with Gasteiger partial charge in [-0.15, -0.1) is 0 Å². The van der Waals surface area contributed by atoms with Crippen molar-refractivity contribution in [3.63, 3.8) is 0 Å². The molecular weight excluding hydrogens is 327 g/mol. The summed E-state index contributed by atoms with van der Waals surface area (Å²) in [5.74, 6) is -1.31.